The van der Waals surface area contributed by atoms with Crippen LogP contribution in [-0.4, -0.2) is 32.7 Å². The molecule has 50 heavy (non-hydrogen) atoms. The zero-order chi connectivity index (χ0) is 34.0. The van der Waals surface area contributed by atoms with E-state index in [1.807, 2.05) is 22.7 Å². The summed E-state index contributed by atoms with van der Waals surface area (Å²) in [5.41, 5.74) is 6.85. The third-order valence-electron chi connectivity index (χ3n) is 9.25. The predicted molar refractivity (Wildman–Crippen MR) is 208 cm³/mol. The van der Waals surface area contributed by atoms with Gasteiger partial charge in [-0.2, -0.15) is 0 Å². The first-order valence-corrected chi connectivity index (χ1v) is 19.1. The fourth-order valence-electron chi connectivity index (χ4n) is 6.78. The summed E-state index contributed by atoms with van der Waals surface area (Å²) in [5, 5.41) is 4.87. The number of hydrogen-bond donors (Lipinski definition) is 0. The molecule has 0 saturated carbocycles. The van der Waals surface area contributed by atoms with Crippen molar-refractivity contribution >= 4 is 64.2 Å². The van der Waals surface area contributed by atoms with Gasteiger partial charge in [0.25, 0.3) is 0 Å². The molecule has 2 aliphatic heterocycles. The maximum absolute atomic E-state index is 5.76. The number of benzene rings is 3. The van der Waals surface area contributed by atoms with Gasteiger partial charge >= 0.3 is 0 Å². The number of ether oxygens (including phenoxy) is 4. The first kappa shape index (κ1) is 33.1. The number of rotatable bonds is 10. The molecule has 8 rings (SSSR count). The molecule has 3 aliphatic rings. The average molecular weight is 703 g/mol. The predicted octanol–water partition coefficient (Wildman–Crippen LogP) is 11.4. The molecule has 256 valence electrons. The Hall–Kier alpha value is -4.02. The highest BCUT2D eigenvalue weighted by Crippen LogP contribution is 2.45. The molecule has 0 bridgehead atoms. The highest BCUT2D eigenvalue weighted by Gasteiger charge is 2.23. The summed E-state index contributed by atoms with van der Waals surface area (Å²) in [4.78, 5) is 4.75. The highest BCUT2D eigenvalue weighted by atomic mass is 32.1. The number of thiophene rings is 2. The van der Waals surface area contributed by atoms with Gasteiger partial charge in [0.15, 0.2) is 12.6 Å². The fourth-order valence-corrected chi connectivity index (χ4v) is 9.05. The Bertz CT molecular complexity index is 2040. The molecule has 0 radical (unpaired) electrons. The van der Waals surface area contributed by atoms with E-state index in [1.54, 1.807) is 0 Å². The van der Waals surface area contributed by atoms with Crippen LogP contribution in [0, 0.1) is 12.8 Å². The molecular weight excluding hydrogens is 661 g/mol. The van der Waals surface area contributed by atoms with E-state index in [1.165, 1.54) is 41.4 Å². The standard InChI is InChI=1S/C42H42N2O4S2/c1-4-33(10-7-13-41-45-18-19-46-41)43(35-11-5-8-28(2)22-35)39-26-31-24-38-32(25-37(31)49-39)27-40(50-38)44(36-12-6-9-29(3)23-36)34-16-14-30(15-17-34)42-47-20-21-48-42/h4-8,10-12,14-17,22-27,29,41-42H,9,13,18-21H2,1-3H3. The molecule has 0 amide bonds. The van der Waals surface area contributed by atoms with Gasteiger partial charge < -0.3 is 28.7 Å². The number of aryl methyl sites for hydroxylation is 1. The Morgan fingerprint density at radius 1 is 0.820 bits per heavy atom. The molecular formula is C42H42N2O4S2. The summed E-state index contributed by atoms with van der Waals surface area (Å²) >= 11 is 3.66. The van der Waals surface area contributed by atoms with Gasteiger partial charge in [-0.25, -0.2) is 0 Å². The summed E-state index contributed by atoms with van der Waals surface area (Å²) in [6, 6.07) is 26.7. The monoisotopic (exact) mass is 702 g/mol. The Labute approximate surface area is 302 Å². The van der Waals surface area contributed by atoms with E-state index in [4.69, 9.17) is 18.9 Å². The van der Waals surface area contributed by atoms with Gasteiger partial charge in [-0.05, 0) is 103 Å². The molecule has 3 aromatic carbocycles. The number of nitrogens with zero attached hydrogens (tertiary/aromatic N) is 2. The van der Waals surface area contributed by atoms with Crippen LogP contribution in [0.3, 0.4) is 0 Å². The van der Waals surface area contributed by atoms with Crippen molar-refractivity contribution in [3.8, 4) is 0 Å². The second-order valence-corrected chi connectivity index (χ2v) is 15.1. The lowest BCUT2D eigenvalue weighted by atomic mass is 10.0. The van der Waals surface area contributed by atoms with Crippen LogP contribution in [0.15, 0.2) is 121 Å². The summed E-state index contributed by atoms with van der Waals surface area (Å²) in [7, 11) is 0. The Morgan fingerprint density at radius 3 is 2.22 bits per heavy atom. The van der Waals surface area contributed by atoms with Crippen LogP contribution >= 0.6 is 22.7 Å². The lowest BCUT2D eigenvalue weighted by Gasteiger charge is -2.27. The quantitative estimate of drug-likeness (QED) is 0.135. The minimum atomic E-state index is -0.281. The van der Waals surface area contributed by atoms with Crippen molar-refractivity contribution < 1.29 is 18.9 Å². The summed E-state index contributed by atoms with van der Waals surface area (Å²) in [5.74, 6) is 0.479. The molecule has 1 atom stereocenters. The van der Waals surface area contributed by atoms with E-state index >= 15 is 0 Å². The molecule has 4 heterocycles. The summed E-state index contributed by atoms with van der Waals surface area (Å²) in [6.45, 7) is 9.13. The second-order valence-electron chi connectivity index (χ2n) is 13.0. The molecule has 5 aromatic rings. The Morgan fingerprint density at radius 2 is 1.52 bits per heavy atom. The Balaban J connectivity index is 1.15. The van der Waals surface area contributed by atoms with Crippen molar-refractivity contribution in [3.05, 3.63) is 132 Å². The van der Waals surface area contributed by atoms with Crippen LogP contribution in [0.5, 0.6) is 0 Å². The largest absolute Gasteiger partial charge is 0.350 e. The zero-order valence-electron chi connectivity index (χ0n) is 28.7. The Kier molecular flexibility index (Phi) is 9.73. The van der Waals surface area contributed by atoms with Crippen LogP contribution < -0.4 is 9.80 Å². The van der Waals surface area contributed by atoms with Crippen molar-refractivity contribution in [2.24, 2.45) is 5.92 Å². The van der Waals surface area contributed by atoms with Crippen molar-refractivity contribution in [2.45, 2.75) is 46.2 Å². The lowest BCUT2D eigenvalue weighted by molar-refractivity contribution is -0.0441. The van der Waals surface area contributed by atoms with Gasteiger partial charge in [0.1, 0.15) is 10.0 Å². The third kappa shape index (κ3) is 6.97. The third-order valence-corrected chi connectivity index (χ3v) is 11.4. The first-order chi connectivity index (χ1) is 24.5. The molecule has 0 N–H and O–H groups in total. The molecule has 2 aromatic heterocycles. The summed E-state index contributed by atoms with van der Waals surface area (Å²) in [6.07, 6.45) is 14.8. The zero-order valence-corrected chi connectivity index (χ0v) is 30.3. The van der Waals surface area contributed by atoms with E-state index < -0.39 is 0 Å². The van der Waals surface area contributed by atoms with E-state index in [0.29, 0.717) is 32.3 Å². The smallest absolute Gasteiger partial charge is 0.184 e. The van der Waals surface area contributed by atoms with E-state index in [9.17, 15) is 0 Å². The number of allylic oxidation sites excluding steroid dienone is 5. The maximum Gasteiger partial charge on any atom is 0.184 e. The van der Waals surface area contributed by atoms with E-state index in [-0.39, 0.29) is 12.6 Å². The van der Waals surface area contributed by atoms with Crippen LogP contribution in [-0.2, 0) is 18.9 Å². The molecule has 1 aliphatic carbocycles. The average Bonchev–Trinajstić information content (AvgIpc) is 3.95. The molecule has 2 saturated heterocycles. The maximum atomic E-state index is 5.76. The number of fused-ring (bicyclic) bond motifs is 2. The minimum absolute atomic E-state index is 0.163. The lowest BCUT2D eigenvalue weighted by Crippen LogP contribution is -2.16. The van der Waals surface area contributed by atoms with Gasteiger partial charge in [-0.15, -0.1) is 22.7 Å². The second kappa shape index (κ2) is 14.7. The minimum Gasteiger partial charge on any atom is -0.350 e. The van der Waals surface area contributed by atoms with E-state index in [2.05, 4.69) is 140 Å². The van der Waals surface area contributed by atoms with Gasteiger partial charge in [0.2, 0.25) is 0 Å². The van der Waals surface area contributed by atoms with Crippen LogP contribution in [0.4, 0.5) is 21.4 Å². The van der Waals surface area contributed by atoms with Gasteiger partial charge in [0.05, 0.1) is 26.4 Å². The molecule has 0 spiro atoms. The first-order valence-electron chi connectivity index (χ1n) is 17.4. The van der Waals surface area contributed by atoms with Crippen LogP contribution in [0.1, 0.15) is 44.1 Å². The van der Waals surface area contributed by atoms with Gasteiger partial charge in [0, 0.05) is 44.2 Å². The van der Waals surface area contributed by atoms with Crippen molar-refractivity contribution in [3.63, 3.8) is 0 Å². The van der Waals surface area contributed by atoms with Crippen LogP contribution in [0.2, 0.25) is 0 Å². The molecule has 2 fully saturated rings. The summed E-state index contributed by atoms with van der Waals surface area (Å²) < 4.78 is 25.4. The number of anilines is 4. The van der Waals surface area contributed by atoms with Crippen molar-refractivity contribution in [1.82, 2.24) is 0 Å². The molecule has 6 nitrogen and oxygen atoms in total. The van der Waals surface area contributed by atoms with Gasteiger partial charge in [-0.3, -0.25) is 0 Å². The topological polar surface area (TPSA) is 43.4 Å². The SMILES string of the molecule is CC=C(C=CCC1OCCO1)N(c1cccc(C)c1)c1cc2cc3sc(N(C4=CC(C)CC=C4)c4ccc(C5OCCO5)cc4)cc3cc2s1. The van der Waals surface area contributed by atoms with E-state index in [0.717, 1.165) is 35.5 Å². The number of hydrogen-bond acceptors (Lipinski definition) is 8. The van der Waals surface area contributed by atoms with Gasteiger partial charge in [-0.1, -0.05) is 55.5 Å². The molecule has 1 unspecified atom stereocenters. The van der Waals surface area contributed by atoms with Crippen LogP contribution in [0.25, 0.3) is 20.2 Å². The van der Waals surface area contributed by atoms with Crippen molar-refractivity contribution in [2.75, 3.05) is 36.2 Å². The molecule has 8 heteroatoms. The van der Waals surface area contributed by atoms with Crippen molar-refractivity contribution in [1.29, 1.82) is 0 Å². The normalized spacial score (nSPS) is 19.0. The fraction of sp³-hybridized carbons (Fsp3) is 0.286. The highest BCUT2D eigenvalue weighted by molar-refractivity contribution is 7.24.